The summed E-state index contributed by atoms with van der Waals surface area (Å²) in [4.78, 5) is 0. The average molecular weight is 308 g/mol. The highest BCUT2D eigenvalue weighted by molar-refractivity contribution is 7.91. The quantitative estimate of drug-likeness (QED) is 0.818. The Labute approximate surface area is 123 Å². The molecule has 20 heavy (non-hydrogen) atoms. The molecule has 106 valence electrons. The Hall–Kier alpha value is -1.40. The van der Waals surface area contributed by atoms with Crippen LogP contribution in [-0.2, 0) is 9.84 Å². The number of sulfone groups is 1. The summed E-state index contributed by atoms with van der Waals surface area (Å²) in [7, 11) is -2.94. The lowest BCUT2D eigenvalue weighted by atomic mass is 10.0. The van der Waals surface area contributed by atoms with E-state index in [1.165, 1.54) is 0 Å². The molecule has 0 amide bonds. The van der Waals surface area contributed by atoms with E-state index in [1.807, 2.05) is 48.0 Å². The van der Waals surface area contributed by atoms with Gasteiger partial charge >= 0.3 is 0 Å². The summed E-state index contributed by atoms with van der Waals surface area (Å²) in [5.74, 6) is 0.366. The van der Waals surface area contributed by atoms with Gasteiger partial charge in [-0.2, -0.15) is 0 Å². The van der Waals surface area contributed by atoms with Gasteiger partial charge in [0.25, 0.3) is 0 Å². The largest absolute Gasteiger partial charge is 0.356 e. The first-order valence-electron chi connectivity index (χ1n) is 6.48. The van der Waals surface area contributed by atoms with Crippen molar-refractivity contribution in [2.24, 2.45) is 0 Å². The van der Waals surface area contributed by atoms with Crippen LogP contribution in [-0.4, -0.2) is 35.1 Å². The van der Waals surface area contributed by atoms with E-state index in [9.17, 15) is 8.42 Å². The SMILES string of the molecule is CC1(NC(=S)n2ccc3ccccc32)CCS(=O)(=O)C1. The second-order valence-corrected chi connectivity index (χ2v) is 8.15. The Balaban J connectivity index is 1.87. The van der Waals surface area contributed by atoms with Crippen LogP contribution >= 0.6 is 12.2 Å². The van der Waals surface area contributed by atoms with Crippen LogP contribution in [0.1, 0.15) is 13.3 Å². The summed E-state index contributed by atoms with van der Waals surface area (Å²) in [6.07, 6.45) is 2.50. The van der Waals surface area contributed by atoms with Crippen molar-refractivity contribution in [2.45, 2.75) is 18.9 Å². The second-order valence-electron chi connectivity index (χ2n) is 5.58. The maximum absolute atomic E-state index is 11.6. The molecule has 0 spiro atoms. The number of fused-ring (bicyclic) bond motifs is 1. The molecule has 0 bridgehead atoms. The predicted octanol–water partition coefficient (Wildman–Crippen LogP) is 1.94. The van der Waals surface area contributed by atoms with Crippen LogP contribution in [0.15, 0.2) is 36.5 Å². The molecular weight excluding hydrogens is 292 g/mol. The van der Waals surface area contributed by atoms with E-state index >= 15 is 0 Å². The molecule has 0 aliphatic carbocycles. The Morgan fingerprint density at radius 1 is 1.35 bits per heavy atom. The lowest BCUT2D eigenvalue weighted by Gasteiger charge is -2.26. The summed E-state index contributed by atoms with van der Waals surface area (Å²) in [5.41, 5.74) is 0.552. The summed E-state index contributed by atoms with van der Waals surface area (Å²) >= 11 is 5.44. The lowest BCUT2D eigenvalue weighted by molar-refractivity contribution is 0.470. The van der Waals surface area contributed by atoms with Crippen LogP contribution < -0.4 is 5.32 Å². The number of nitrogens with zero attached hydrogens (tertiary/aromatic N) is 1. The number of aromatic nitrogens is 1. The summed E-state index contributed by atoms with van der Waals surface area (Å²) in [6.45, 7) is 1.91. The highest BCUT2D eigenvalue weighted by Gasteiger charge is 2.39. The average Bonchev–Trinajstić information content (AvgIpc) is 2.90. The van der Waals surface area contributed by atoms with Crippen LogP contribution in [0.2, 0.25) is 0 Å². The van der Waals surface area contributed by atoms with E-state index in [2.05, 4.69) is 5.32 Å². The molecule has 1 aromatic carbocycles. The fourth-order valence-electron chi connectivity index (χ4n) is 2.69. The van der Waals surface area contributed by atoms with Gasteiger partial charge in [0.2, 0.25) is 0 Å². The number of rotatable bonds is 1. The van der Waals surface area contributed by atoms with Gasteiger partial charge in [-0.1, -0.05) is 18.2 Å². The molecule has 1 unspecified atom stereocenters. The smallest absolute Gasteiger partial charge is 0.178 e. The Bertz CT molecular complexity index is 779. The predicted molar refractivity (Wildman–Crippen MR) is 84.7 cm³/mol. The number of para-hydroxylation sites is 1. The molecule has 3 rings (SSSR count). The first-order valence-corrected chi connectivity index (χ1v) is 8.71. The maximum atomic E-state index is 11.6. The number of benzene rings is 1. The number of thiocarbonyl (C=S) groups is 1. The van der Waals surface area contributed by atoms with Gasteiger partial charge in [-0.15, -0.1) is 0 Å². The van der Waals surface area contributed by atoms with Crippen molar-refractivity contribution in [3.05, 3.63) is 36.5 Å². The number of hydrogen-bond acceptors (Lipinski definition) is 3. The standard InChI is InChI=1S/C14H16N2O2S2/c1-14(7-9-20(17,18)10-14)15-13(19)16-8-6-11-4-2-3-5-12(11)16/h2-6,8H,7,9-10H2,1H3,(H,15,19). The summed E-state index contributed by atoms with van der Waals surface area (Å²) in [5, 5.41) is 4.88. The van der Waals surface area contributed by atoms with Crippen LogP contribution in [0.5, 0.6) is 0 Å². The minimum absolute atomic E-state index is 0.138. The van der Waals surface area contributed by atoms with E-state index in [4.69, 9.17) is 12.2 Å². The van der Waals surface area contributed by atoms with E-state index < -0.39 is 15.4 Å². The third-order valence-corrected chi connectivity index (χ3v) is 5.93. The number of hydrogen-bond donors (Lipinski definition) is 1. The van der Waals surface area contributed by atoms with Gasteiger partial charge in [-0.3, -0.25) is 4.57 Å². The zero-order valence-electron chi connectivity index (χ0n) is 11.2. The minimum Gasteiger partial charge on any atom is -0.356 e. The second kappa shape index (κ2) is 4.56. The highest BCUT2D eigenvalue weighted by Crippen LogP contribution is 2.23. The van der Waals surface area contributed by atoms with Gasteiger partial charge in [0.15, 0.2) is 14.9 Å². The molecule has 1 saturated heterocycles. The number of nitrogens with one attached hydrogen (secondary N) is 1. The zero-order valence-corrected chi connectivity index (χ0v) is 12.8. The topological polar surface area (TPSA) is 51.1 Å². The van der Waals surface area contributed by atoms with Gasteiger partial charge in [0, 0.05) is 11.6 Å². The van der Waals surface area contributed by atoms with Crippen molar-refractivity contribution < 1.29 is 8.42 Å². The zero-order chi connectivity index (χ0) is 14.4. The fraction of sp³-hybridized carbons (Fsp3) is 0.357. The normalized spacial score (nSPS) is 24.9. The molecule has 0 radical (unpaired) electrons. The van der Waals surface area contributed by atoms with E-state index in [0.717, 1.165) is 10.9 Å². The van der Waals surface area contributed by atoms with Gasteiger partial charge in [0.1, 0.15) is 0 Å². The minimum atomic E-state index is -2.94. The van der Waals surface area contributed by atoms with Crippen molar-refractivity contribution >= 4 is 38.1 Å². The maximum Gasteiger partial charge on any atom is 0.178 e. The monoisotopic (exact) mass is 308 g/mol. The van der Waals surface area contributed by atoms with Crippen LogP contribution in [0.4, 0.5) is 0 Å². The van der Waals surface area contributed by atoms with Gasteiger partial charge < -0.3 is 5.32 Å². The first kappa shape index (κ1) is 13.6. The first-order chi connectivity index (χ1) is 9.39. The van der Waals surface area contributed by atoms with Gasteiger partial charge in [-0.05, 0) is 37.7 Å². The van der Waals surface area contributed by atoms with Crippen molar-refractivity contribution in [3.63, 3.8) is 0 Å². The third kappa shape index (κ3) is 2.45. The highest BCUT2D eigenvalue weighted by atomic mass is 32.2. The molecule has 2 aromatic rings. The van der Waals surface area contributed by atoms with Crippen molar-refractivity contribution in [1.82, 2.24) is 9.88 Å². The van der Waals surface area contributed by atoms with E-state index in [0.29, 0.717) is 11.5 Å². The van der Waals surface area contributed by atoms with Crippen molar-refractivity contribution in [2.75, 3.05) is 11.5 Å². The molecule has 1 N–H and O–H groups in total. The lowest BCUT2D eigenvalue weighted by Crippen LogP contribution is -2.48. The molecule has 2 heterocycles. The molecule has 6 heteroatoms. The van der Waals surface area contributed by atoms with E-state index in [-0.39, 0.29) is 11.5 Å². The molecule has 1 aromatic heterocycles. The Kier molecular flexibility index (Phi) is 3.10. The van der Waals surface area contributed by atoms with Gasteiger partial charge in [0.05, 0.1) is 22.6 Å². The van der Waals surface area contributed by atoms with Crippen LogP contribution in [0.25, 0.3) is 10.9 Å². The van der Waals surface area contributed by atoms with Crippen molar-refractivity contribution in [3.8, 4) is 0 Å². The van der Waals surface area contributed by atoms with Gasteiger partial charge in [-0.25, -0.2) is 8.42 Å². The van der Waals surface area contributed by atoms with E-state index in [1.54, 1.807) is 0 Å². The molecular formula is C14H16N2O2S2. The van der Waals surface area contributed by atoms with Crippen LogP contribution in [0.3, 0.4) is 0 Å². The summed E-state index contributed by atoms with van der Waals surface area (Å²) in [6, 6.07) is 9.96. The molecule has 1 aliphatic rings. The third-order valence-electron chi connectivity index (χ3n) is 3.73. The Morgan fingerprint density at radius 2 is 2.10 bits per heavy atom. The molecule has 1 atom stereocenters. The molecule has 4 nitrogen and oxygen atoms in total. The molecule has 1 fully saturated rings. The van der Waals surface area contributed by atoms with Crippen molar-refractivity contribution in [1.29, 1.82) is 0 Å². The van der Waals surface area contributed by atoms with Crippen LogP contribution in [0, 0.1) is 0 Å². The molecule has 0 saturated carbocycles. The fourth-order valence-corrected chi connectivity index (χ4v) is 5.19. The molecule has 1 aliphatic heterocycles. The summed E-state index contributed by atoms with van der Waals surface area (Å²) < 4.78 is 25.2. The Morgan fingerprint density at radius 3 is 2.80 bits per heavy atom.